The molecule has 0 atom stereocenters. The molecule has 0 N–H and O–H groups in total. The van der Waals surface area contributed by atoms with Crippen LogP contribution in [0.1, 0.15) is 5.56 Å². The second kappa shape index (κ2) is 3.38. The predicted octanol–water partition coefficient (Wildman–Crippen LogP) is 2.84. The molecule has 2 aromatic rings. The van der Waals surface area contributed by atoms with Crippen LogP contribution in [0.15, 0.2) is 22.6 Å². The minimum atomic E-state index is -0.295. The van der Waals surface area contributed by atoms with Crippen LogP contribution in [0.2, 0.25) is 5.35 Å². The Bertz CT molecular complexity index is 470. The zero-order valence-electron chi connectivity index (χ0n) is 7.29. The Balaban J connectivity index is 2.52. The number of hydrogen-bond acceptors (Lipinski definition) is 3. The number of aryl methyl sites for hydroxylation is 1. The lowest BCUT2D eigenvalue weighted by molar-refractivity contribution is 0.570. The van der Waals surface area contributed by atoms with Gasteiger partial charge in [0.05, 0.1) is 0 Å². The highest BCUT2D eigenvalue weighted by molar-refractivity contribution is 6.27. The molecule has 0 amide bonds. The topological polar surface area (TPSA) is 38.9 Å². The van der Waals surface area contributed by atoms with E-state index in [4.69, 9.17) is 16.0 Å². The summed E-state index contributed by atoms with van der Waals surface area (Å²) in [7, 11) is 0. The van der Waals surface area contributed by atoms with Crippen molar-refractivity contribution in [2.45, 2.75) is 6.92 Å². The van der Waals surface area contributed by atoms with Gasteiger partial charge in [0.2, 0.25) is 5.89 Å². The zero-order valence-corrected chi connectivity index (χ0v) is 8.05. The smallest absolute Gasteiger partial charge is 0.313 e. The molecule has 0 saturated carbocycles. The van der Waals surface area contributed by atoms with Gasteiger partial charge in [-0.2, -0.15) is 0 Å². The number of rotatable bonds is 1. The first kappa shape index (κ1) is 9.15. The van der Waals surface area contributed by atoms with Gasteiger partial charge in [-0.15, -0.1) is 5.10 Å². The first-order valence-corrected chi connectivity index (χ1v) is 4.30. The highest BCUT2D eigenvalue weighted by atomic mass is 35.5. The summed E-state index contributed by atoms with van der Waals surface area (Å²) in [6.07, 6.45) is 0. The molecule has 3 nitrogen and oxygen atoms in total. The Morgan fingerprint density at radius 3 is 2.71 bits per heavy atom. The molecule has 72 valence electrons. The van der Waals surface area contributed by atoms with Crippen molar-refractivity contribution in [3.63, 3.8) is 0 Å². The van der Waals surface area contributed by atoms with Crippen molar-refractivity contribution in [1.82, 2.24) is 10.2 Å². The van der Waals surface area contributed by atoms with Gasteiger partial charge in [-0.05, 0) is 42.3 Å². The van der Waals surface area contributed by atoms with Crippen molar-refractivity contribution >= 4 is 11.6 Å². The average Bonchev–Trinajstić information content (AvgIpc) is 2.51. The summed E-state index contributed by atoms with van der Waals surface area (Å²) in [5, 5.41) is 7.19. The summed E-state index contributed by atoms with van der Waals surface area (Å²) in [6, 6.07) is 4.31. The number of halogens is 2. The Morgan fingerprint density at radius 1 is 1.36 bits per heavy atom. The predicted molar refractivity (Wildman–Crippen MR) is 49.4 cm³/mol. The lowest BCUT2D eigenvalue weighted by Gasteiger charge is -1.99. The van der Waals surface area contributed by atoms with Crippen LogP contribution in [-0.2, 0) is 0 Å². The van der Waals surface area contributed by atoms with Gasteiger partial charge in [-0.3, -0.25) is 0 Å². The van der Waals surface area contributed by atoms with Crippen molar-refractivity contribution in [3.8, 4) is 11.5 Å². The van der Waals surface area contributed by atoms with E-state index in [1.807, 2.05) is 0 Å². The average molecular weight is 213 g/mol. The Morgan fingerprint density at radius 2 is 2.14 bits per heavy atom. The molecule has 14 heavy (non-hydrogen) atoms. The van der Waals surface area contributed by atoms with Gasteiger partial charge in [0.25, 0.3) is 0 Å². The molecule has 0 radical (unpaired) electrons. The molecule has 0 aliphatic carbocycles. The van der Waals surface area contributed by atoms with Gasteiger partial charge in [0.15, 0.2) is 0 Å². The SMILES string of the molecule is Cc1cc(F)ccc1-c1nnc(Cl)o1. The van der Waals surface area contributed by atoms with Crippen molar-refractivity contribution < 1.29 is 8.81 Å². The van der Waals surface area contributed by atoms with Gasteiger partial charge in [0, 0.05) is 5.56 Å². The second-order valence-corrected chi connectivity index (χ2v) is 3.14. The fraction of sp³-hybridized carbons (Fsp3) is 0.111. The summed E-state index contributed by atoms with van der Waals surface area (Å²) < 4.78 is 17.8. The normalized spacial score (nSPS) is 10.5. The van der Waals surface area contributed by atoms with E-state index in [1.54, 1.807) is 13.0 Å². The summed E-state index contributed by atoms with van der Waals surface area (Å²) in [5.74, 6) is 0.00404. The van der Waals surface area contributed by atoms with Crippen LogP contribution in [0.4, 0.5) is 4.39 Å². The fourth-order valence-electron chi connectivity index (χ4n) is 1.18. The van der Waals surface area contributed by atoms with Crippen LogP contribution in [-0.4, -0.2) is 10.2 Å². The second-order valence-electron chi connectivity index (χ2n) is 2.82. The first-order chi connectivity index (χ1) is 6.66. The molecule has 5 heteroatoms. The third kappa shape index (κ3) is 1.61. The third-order valence-electron chi connectivity index (χ3n) is 1.82. The van der Waals surface area contributed by atoms with E-state index in [0.717, 1.165) is 5.56 Å². The van der Waals surface area contributed by atoms with Crippen LogP contribution >= 0.6 is 11.6 Å². The summed E-state index contributed by atoms with van der Waals surface area (Å²) >= 11 is 5.48. The van der Waals surface area contributed by atoms with Crippen molar-refractivity contribution in [2.75, 3.05) is 0 Å². The molecule has 0 bridgehead atoms. The summed E-state index contributed by atoms with van der Waals surface area (Å²) in [5.41, 5.74) is 1.41. The molecular formula is C9H6ClFN2O. The molecule has 0 saturated heterocycles. The highest BCUT2D eigenvalue weighted by Gasteiger charge is 2.09. The van der Waals surface area contributed by atoms with Gasteiger partial charge in [-0.1, -0.05) is 5.10 Å². The molecule has 0 spiro atoms. The minimum absolute atomic E-state index is 0.0243. The molecular weight excluding hydrogens is 207 g/mol. The molecule has 0 aliphatic rings. The van der Waals surface area contributed by atoms with Gasteiger partial charge in [-0.25, -0.2) is 4.39 Å². The van der Waals surface area contributed by atoms with Crippen molar-refractivity contribution in [3.05, 3.63) is 34.9 Å². The van der Waals surface area contributed by atoms with E-state index in [0.29, 0.717) is 11.5 Å². The number of nitrogens with zero attached hydrogens (tertiary/aromatic N) is 2. The van der Waals surface area contributed by atoms with Gasteiger partial charge >= 0.3 is 5.35 Å². The Labute approximate surface area is 84.5 Å². The molecule has 1 aromatic heterocycles. The van der Waals surface area contributed by atoms with E-state index in [2.05, 4.69) is 10.2 Å². The molecule has 1 heterocycles. The lowest BCUT2D eigenvalue weighted by atomic mass is 10.1. The standard InChI is InChI=1S/C9H6ClFN2O/c1-5-4-6(11)2-3-7(5)8-12-13-9(10)14-8/h2-4H,1H3. The van der Waals surface area contributed by atoms with Crippen LogP contribution < -0.4 is 0 Å². The maximum Gasteiger partial charge on any atom is 0.313 e. The number of benzene rings is 1. The van der Waals surface area contributed by atoms with Crippen LogP contribution in [0.3, 0.4) is 0 Å². The third-order valence-corrected chi connectivity index (χ3v) is 1.97. The van der Waals surface area contributed by atoms with E-state index in [-0.39, 0.29) is 11.2 Å². The summed E-state index contributed by atoms with van der Waals surface area (Å²) in [4.78, 5) is 0. The summed E-state index contributed by atoms with van der Waals surface area (Å²) in [6.45, 7) is 1.76. The largest absolute Gasteiger partial charge is 0.407 e. The molecule has 0 unspecified atom stereocenters. The molecule has 0 fully saturated rings. The van der Waals surface area contributed by atoms with Crippen LogP contribution in [0.25, 0.3) is 11.5 Å². The van der Waals surface area contributed by atoms with E-state index in [9.17, 15) is 4.39 Å². The molecule has 2 rings (SSSR count). The maximum absolute atomic E-state index is 12.8. The zero-order chi connectivity index (χ0) is 10.1. The van der Waals surface area contributed by atoms with Crippen LogP contribution in [0, 0.1) is 12.7 Å². The van der Waals surface area contributed by atoms with Crippen LogP contribution in [0.5, 0.6) is 0 Å². The van der Waals surface area contributed by atoms with E-state index >= 15 is 0 Å². The monoisotopic (exact) mass is 212 g/mol. The van der Waals surface area contributed by atoms with E-state index in [1.165, 1.54) is 12.1 Å². The van der Waals surface area contributed by atoms with Gasteiger partial charge < -0.3 is 4.42 Å². The fourth-order valence-corrected chi connectivity index (χ4v) is 1.29. The van der Waals surface area contributed by atoms with E-state index < -0.39 is 0 Å². The number of aromatic nitrogens is 2. The minimum Gasteiger partial charge on any atom is -0.407 e. The quantitative estimate of drug-likeness (QED) is 0.730. The Kier molecular flexibility index (Phi) is 2.21. The molecule has 1 aromatic carbocycles. The first-order valence-electron chi connectivity index (χ1n) is 3.92. The highest BCUT2D eigenvalue weighted by Crippen LogP contribution is 2.23. The van der Waals surface area contributed by atoms with Gasteiger partial charge in [0.1, 0.15) is 5.82 Å². The lowest BCUT2D eigenvalue weighted by Crippen LogP contribution is -1.85. The maximum atomic E-state index is 12.8. The van der Waals surface area contributed by atoms with Crippen molar-refractivity contribution in [1.29, 1.82) is 0 Å². The number of hydrogen-bond donors (Lipinski definition) is 0. The Hall–Kier alpha value is -1.42. The molecule has 0 aliphatic heterocycles. The van der Waals surface area contributed by atoms with Crippen molar-refractivity contribution in [2.24, 2.45) is 0 Å².